The molecule has 1 unspecified atom stereocenters. The highest BCUT2D eigenvalue weighted by Gasteiger charge is 2.06. The van der Waals surface area contributed by atoms with Crippen molar-refractivity contribution < 1.29 is 9.13 Å². The van der Waals surface area contributed by atoms with E-state index in [1.165, 1.54) is 23.3 Å². The first-order valence-electron chi connectivity index (χ1n) is 9.05. The fraction of sp³-hybridized carbons (Fsp3) is 0.381. The van der Waals surface area contributed by atoms with Crippen LogP contribution in [0.15, 0.2) is 53.5 Å². The number of nitrogens with zero attached hydrogens (tertiary/aromatic N) is 2. The predicted octanol–water partition coefficient (Wildman–Crippen LogP) is 3.64. The lowest BCUT2D eigenvalue weighted by Gasteiger charge is -2.18. The number of hydrogen-bond acceptors (Lipinski definition) is 3. The summed E-state index contributed by atoms with van der Waals surface area (Å²) in [5.41, 5.74) is 2.47. The molecule has 0 bridgehead atoms. The summed E-state index contributed by atoms with van der Waals surface area (Å²) in [6.07, 6.45) is -0.129. The van der Waals surface area contributed by atoms with Crippen LogP contribution in [0, 0.1) is 5.82 Å². The lowest BCUT2D eigenvalue weighted by molar-refractivity contribution is 0.223. The number of guanidine groups is 1. The number of rotatable bonds is 8. The van der Waals surface area contributed by atoms with Gasteiger partial charge < -0.3 is 20.3 Å². The van der Waals surface area contributed by atoms with E-state index in [1.807, 2.05) is 6.92 Å². The van der Waals surface area contributed by atoms with E-state index >= 15 is 0 Å². The molecule has 154 valence electrons. The zero-order valence-electron chi connectivity index (χ0n) is 16.9. The van der Waals surface area contributed by atoms with Gasteiger partial charge in [0.25, 0.3) is 0 Å². The molecule has 0 saturated carbocycles. The van der Waals surface area contributed by atoms with Gasteiger partial charge in [0, 0.05) is 26.2 Å². The maximum atomic E-state index is 13.2. The van der Waals surface area contributed by atoms with Gasteiger partial charge in [-0.1, -0.05) is 30.3 Å². The minimum atomic E-state index is -0.304. The maximum Gasteiger partial charge on any atom is 0.191 e. The lowest BCUT2D eigenvalue weighted by atomic mass is 10.1. The zero-order chi connectivity index (χ0) is 19.6. The quantitative estimate of drug-likeness (QED) is 0.330. The number of aliphatic imine (C=N–C) groups is 1. The summed E-state index contributed by atoms with van der Waals surface area (Å²) < 4.78 is 18.9. The van der Waals surface area contributed by atoms with Gasteiger partial charge in [-0.05, 0) is 44.3 Å². The van der Waals surface area contributed by atoms with Crippen molar-refractivity contribution in [2.75, 3.05) is 27.7 Å². The molecular formula is C21H30FIN4O. The van der Waals surface area contributed by atoms with Gasteiger partial charge in [0.1, 0.15) is 17.7 Å². The van der Waals surface area contributed by atoms with Crippen molar-refractivity contribution >= 4 is 29.9 Å². The summed E-state index contributed by atoms with van der Waals surface area (Å²) in [5, 5.41) is 6.51. The summed E-state index contributed by atoms with van der Waals surface area (Å²) in [5.74, 6) is 0.911. The lowest BCUT2D eigenvalue weighted by Crippen LogP contribution is -2.41. The van der Waals surface area contributed by atoms with E-state index in [9.17, 15) is 4.39 Å². The molecule has 0 saturated heterocycles. The van der Waals surface area contributed by atoms with Gasteiger partial charge in [0.15, 0.2) is 5.96 Å². The van der Waals surface area contributed by atoms with Crippen LogP contribution in [0.3, 0.4) is 0 Å². The Morgan fingerprint density at radius 1 is 1.11 bits per heavy atom. The molecule has 28 heavy (non-hydrogen) atoms. The van der Waals surface area contributed by atoms with Crippen molar-refractivity contribution in [2.45, 2.75) is 26.1 Å². The average Bonchev–Trinajstić information content (AvgIpc) is 2.62. The van der Waals surface area contributed by atoms with Crippen LogP contribution in [0.5, 0.6) is 5.75 Å². The third-order valence-corrected chi connectivity index (χ3v) is 3.90. The largest absolute Gasteiger partial charge is 0.489 e. The molecule has 0 aromatic heterocycles. The Bertz CT molecular complexity index is 737. The van der Waals surface area contributed by atoms with Crippen molar-refractivity contribution in [2.24, 2.45) is 4.99 Å². The van der Waals surface area contributed by atoms with Gasteiger partial charge in [-0.3, -0.25) is 4.99 Å². The molecule has 0 fully saturated rings. The molecular weight excluding hydrogens is 470 g/mol. The number of benzene rings is 2. The van der Waals surface area contributed by atoms with Crippen molar-refractivity contribution in [3.05, 3.63) is 65.5 Å². The van der Waals surface area contributed by atoms with Gasteiger partial charge in [-0.15, -0.1) is 24.0 Å². The first kappa shape index (κ1) is 24.2. The standard InChI is InChI=1S/C21H29FN4O.HI/c1-16(27-20-7-5-6-19(22)12-20)13-24-21(23-2)25-14-17-8-10-18(11-9-17)15-26(3)4;/h5-12,16H,13-15H2,1-4H3,(H2,23,24,25);1H. The molecule has 0 amide bonds. The molecule has 1 atom stereocenters. The highest BCUT2D eigenvalue weighted by molar-refractivity contribution is 14.0. The SMILES string of the molecule is CN=C(NCc1ccc(CN(C)C)cc1)NCC(C)Oc1cccc(F)c1.I. The molecule has 0 heterocycles. The second kappa shape index (κ2) is 12.6. The van der Waals surface area contributed by atoms with Gasteiger partial charge in [0.2, 0.25) is 0 Å². The number of ether oxygens (including phenoxy) is 1. The van der Waals surface area contributed by atoms with Crippen molar-refractivity contribution in [1.29, 1.82) is 0 Å². The fourth-order valence-electron chi connectivity index (χ4n) is 2.59. The normalized spacial score (nSPS) is 12.3. The molecule has 0 aliphatic rings. The highest BCUT2D eigenvalue weighted by atomic mass is 127. The second-order valence-electron chi connectivity index (χ2n) is 6.75. The number of halogens is 2. The predicted molar refractivity (Wildman–Crippen MR) is 124 cm³/mol. The Kier molecular flexibility index (Phi) is 10.8. The Labute approximate surface area is 184 Å². The van der Waals surface area contributed by atoms with E-state index in [2.05, 4.69) is 58.9 Å². The Balaban J connectivity index is 0.00000392. The molecule has 5 nitrogen and oxygen atoms in total. The van der Waals surface area contributed by atoms with Crippen LogP contribution in [0.1, 0.15) is 18.1 Å². The van der Waals surface area contributed by atoms with Crippen LogP contribution < -0.4 is 15.4 Å². The van der Waals surface area contributed by atoms with Crippen molar-refractivity contribution in [3.8, 4) is 5.75 Å². The van der Waals surface area contributed by atoms with Gasteiger partial charge >= 0.3 is 0 Å². The van der Waals surface area contributed by atoms with E-state index in [0.29, 0.717) is 24.8 Å². The van der Waals surface area contributed by atoms with Crippen LogP contribution in [-0.2, 0) is 13.1 Å². The van der Waals surface area contributed by atoms with E-state index in [1.54, 1.807) is 19.2 Å². The van der Waals surface area contributed by atoms with Crippen molar-refractivity contribution in [3.63, 3.8) is 0 Å². The van der Waals surface area contributed by atoms with Gasteiger partial charge in [-0.25, -0.2) is 4.39 Å². The smallest absolute Gasteiger partial charge is 0.191 e. The van der Waals surface area contributed by atoms with Crippen LogP contribution in [-0.4, -0.2) is 44.7 Å². The first-order chi connectivity index (χ1) is 13.0. The molecule has 0 radical (unpaired) electrons. The summed E-state index contributed by atoms with van der Waals surface area (Å²) in [6, 6.07) is 14.7. The van der Waals surface area contributed by atoms with E-state index in [0.717, 1.165) is 6.54 Å². The first-order valence-corrected chi connectivity index (χ1v) is 9.05. The van der Waals surface area contributed by atoms with Crippen LogP contribution in [0.2, 0.25) is 0 Å². The molecule has 2 rings (SSSR count). The van der Waals surface area contributed by atoms with Crippen molar-refractivity contribution in [1.82, 2.24) is 15.5 Å². The van der Waals surface area contributed by atoms with E-state index in [-0.39, 0.29) is 35.9 Å². The molecule has 0 spiro atoms. The monoisotopic (exact) mass is 500 g/mol. The molecule has 0 aliphatic carbocycles. The fourth-order valence-corrected chi connectivity index (χ4v) is 2.59. The molecule has 7 heteroatoms. The van der Waals surface area contributed by atoms with Gasteiger partial charge in [0.05, 0.1) is 6.54 Å². The number of nitrogens with one attached hydrogen (secondary N) is 2. The number of hydrogen-bond donors (Lipinski definition) is 2. The van der Waals surface area contributed by atoms with Crippen LogP contribution >= 0.6 is 24.0 Å². The maximum absolute atomic E-state index is 13.2. The molecule has 0 aliphatic heterocycles. The molecule has 2 N–H and O–H groups in total. The minimum absolute atomic E-state index is 0. The van der Waals surface area contributed by atoms with Gasteiger partial charge in [-0.2, -0.15) is 0 Å². The second-order valence-corrected chi connectivity index (χ2v) is 6.75. The summed E-state index contributed by atoms with van der Waals surface area (Å²) in [6.45, 7) is 4.09. The highest BCUT2D eigenvalue weighted by Crippen LogP contribution is 2.13. The summed E-state index contributed by atoms with van der Waals surface area (Å²) in [7, 11) is 5.85. The Morgan fingerprint density at radius 2 is 1.79 bits per heavy atom. The molecule has 2 aromatic carbocycles. The third-order valence-electron chi connectivity index (χ3n) is 3.90. The Morgan fingerprint density at radius 3 is 2.39 bits per heavy atom. The zero-order valence-corrected chi connectivity index (χ0v) is 19.2. The van der Waals surface area contributed by atoms with E-state index < -0.39 is 0 Å². The average molecular weight is 500 g/mol. The van der Waals surface area contributed by atoms with Crippen LogP contribution in [0.4, 0.5) is 4.39 Å². The topological polar surface area (TPSA) is 48.9 Å². The van der Waals surface area contributed by atoms with E-state index in [4.69, 9.17) is 4.74 Å². The summed E-state index contributed by atoms with van der Waals surface area (Å²) in [4.78, 5) is 6.37. The minimum Gasteiger partial charge on any atom is -0.489 e. The Hall–Kier alpha value is -1.87. The molecule has 2 aromatic rings. The summed E-state index contributed by atoms with van der Waals surface area (Å²) >= 11 is 0. The third kappa shape index (κ3) is 8.88. The van der Waals surface area contributed by atoms with Crippen LogP contribution in [0.25, 0.3) is 0 Å².